The maximum Gasteiger partial charge on any atom is 0.441 e. The second-order valence-corrected chi connectivity index (χ2v) is 5.43. The molecule has 0 aliphatic carbocycles. The van der Waals surface area contributed by atoms with Gasteiger partial charge in [-0.2, -0.15) is 24.9 Å². The van der Waals surface area contributed by atoms with Gasteiger partial charge in [-0.3, -0.25) is 0 Å². The third-order valence-corrected chi connectivity index (χ3v) is 3.15. The Morgan fingerprint density at radius 3 is 2.40 bits per heavy atom. The molecular weight excluding hydrogens is 247 g/mol. The molecule has 0 rings (SSSR count). The molecular formula is C8H16F3NOS2. The molecule has 15 heavy (non-hydrogen) atoms. The molecule has 0 aliphatic heterocycles. The van der Waals surface area contributed by atoms with Crippen molar-refractivity contribution >= 4 is 23.5 Å². The highest BCUT2D eigenvalue weighted by Crippen LogP contribution is 2.29. The summed E-state index contributed by atoms with van der Waals surface area (Å²) in [5.74, 6) is 0.533. The van der Waals surface area contributed by atoms with E-state index >= 15 is 0 Å². The zero-order valence-corrected chi connectivity index (χ0v) is 10.4. The van der Waals surface area contributed by atoms with Crippen molar-refractivity contribution in [3.05, 3.63) is 0 Å². The number of hydrogen-bond donors (Lipinski definition) is 2. The van der Waals surface area contributed by atoms with Crippen LogP contribution < -0.4 is 5.32 Å². The monoisotopic (exact) mass is 263 g/mol. The third kappa shape index (κ3) is 10.7. The number of aliphatic hydroxyl groups is 1. The van der Waals surface area contributed by atoms with Crippen LogP contribution in [-0.2, 0) is 0 Å². The molecule has 92 valence electrons. The number of hydrogen-bond acceptors (Lipinski definition) is 4. The Morgan fingerprint density at radius 1 is 1.33 bits per heavy atom. The number of rotatable bonds is 7. The van der Waals surface area contributed by atoms with Crippen molar-refractivity contribution in [2.75, 3.05) is 30.9 Å². The van der Waals surface area contributed by atoms with Crippen molar-refractivity contribution in [1.29, 1.82) is 0 Å². The maximum absolute atomic E-state index is 11.7. The highest BCUT2D eigenvalue weighted by molar-refractivity contribution is 8.00. The molecule has 0 heterocycles. The van der Waals surface area contributed by atoms with Crippen LogP contribution in [0.4, 0.5) is 13.2 Å². The fourth-order valence-electron chi connectivity index (χ4n) is 0.959. The van der Waals surface area contributed by atoms with Gasteiger partial charge in [-0.25, -0.2) is 0 Å². The summed E-state index contributed by atoms with van der Waals surface area (Å²) in [5, 5.41) is 12.5. The number of halogens is 3. The lowest BCUT2D eigenvalue weighted by molar-refractivity contribution is -0.0327. The Labute approximate surface area is 96.4 Å². The van der Waals surface area contributed by atoms with Gasteiger partial charge in [0.1, 0.15) is 0 Å². The van der Waals surface area contributed by atoms with Crippen molar-refractivity contribution in [2.45, 2.75) is 18.0 Å². The molecule has 0 aromatic carbocycles. The summed E-state index contributed by atoms with van der Waals surface area (Å²) in [7, 11) is 0. The van der Waals surface area contributed by atoms with Crippen molar-refractivity contribution in [1.82, 2.24) is 5.32 Å². The summed E-state index contributed by atoms with van der Waals surface area (Å²) in [6.45, 7) is 2.22. The largest absolute Gasteiger partial charge is 0.441 e. The van der Waals surface area contributed by atoms with Gasteiger partial charge < -0.3 is 10.4 Å². The van der Waals surface area contributed by atoms with Crippen molar-refractivity contribution in [2.24, 2.45) is 0 Å². The first-order valence-corrected chi connectivity index (χ1v) is 6.77. The summed E-state index contributed by atoms with van der Waals surface area (Å²) in [6.07, 6.45) is 1.87. The first-order valence-electron chi connectivity index (χ1n) is 4.39. The van der Waals surface area contributed by atoms with Gasteiger partial charge in [0.25, 0.3) is 0 Å². The number of nitrogens with one attached hydrogen (secondary N) is 1. The molecule has 1 unspecified atom stereocenters. The predicted molar refractivity (Wildman–Crippen MR) is 60.4 cm³/mol. The van der Waals surface area contributed by atoms with Gasteiger partial charge in [0.2, 0.25) is 0 Å². The quantitative estimate of drug-likeness (QED) is 0.688. The van der Waals surface area contributed by atoms with Crippen LogP contribution in [-0.4, -0.2) is 47.1 Å². The van der Waals surface area contributed by atoms with E-state index in [1.54, 1.807) is 6.92 Å². The van der Waals surface area contributed by atoms with Gasteiger partial charge in [-0.1, -0.05) is 0 Å². The smallest absolute Gasteiger partial charge is 0.388 e. The first-order chi connectivity index (χ1) is 6.77. The summed E-state index contributed by atoms with van der Waals surface area (Å²) in [5.41, 5.74) is -5.02. The van der Waals surface area contributed by atoms with E-state index in [0.717, 1.165) is 0 Å². The Hall–Kier alpha value is 0.410. The van der Waals surface area contributed by atoms with Crippen LogP contribution in [0.15, 0.2) is 0 Å². The molecule has 0 amide bonds. The minimum atomic E-state index is -4.16. The third-order valence-electron chi connectivity index (χ3n) is 1.51. The topological polar surface area (TPSA) is 32.3 Å². The van der Waals surface area contributed by atoms with E-state index in [9.17, 15) is 18.3 Å². The fourth-order valence-corrected chi connectivity index (χ4v) is 2.16. The standard InChI is InChI=1S/C8H16F3NOS2/c1-7(13,6-14-2)5-12-3-4-15-8(9,10)11/h12-13H,3-6H2,1-2H3. The molecule has 0 fully saturated rings. The molecule has 0 aromatic rings. The number of alkyl halides is 3. The molecule has 0 radical (unpaired) electrons. The first kappa shape index (κ1) is 15.4. The van der Waals surface area contributed by atoms with Crippen LogP contribution in [0.3, 0.4) is 0 Å². The lowest BCUT2D eigenvalue weighted by Gasteiger charge is -2.22. The molecule has 0 bridgehead atoms. The Bertz CT molecular complexity index is 176. The number of thioether (sulfide) groups is 2. The molecule has 0 saturated carbocycles. The molecule has 7 heteroatoms. The van der Waals surface area contributed by atoms with E-state index < -0.39 is 11.1 Å². The van der Waals surface area contributed by atoms with Gasteiger partial charge in [-0.05, 0) is 24.9 Å². The van der Waals surface area contributed by atoms with Gasteiger partial charge >= 0.3 is 5.51 Å². The average molecular weight is 263 g/mol. The van der Waals surface area contributed by atoms with Crippen LogP contribution in [0, 0.1) is 0 Å². The minimum Gasteiger partial charge on any atom is -0.388 e. The van der Waals surface area contributed by atoms with Gasteiger partial charge in [0.15, 0.2) is 0 Å². The van der Waals surface area contributed by atoms with Crippen LogP contribution in [0.1, 0.15) is 6.92 Å². The van der Waals surface area contributed by atoms with E-state index in [4.69, 9.17) is 0 Å². The molecule has 0 spiro atoms. The lowest BCUT2D eigenvalue weighted by Crippen LogP contribution is -2.40. The fraction of sp³-hybridized carbons (Fsp3) is 1.00. The van der Waals surface area contributed by atoms with Crippen LogP contribution in [0.2, 0.25) is 0 Å². The van der Waals surface area contributed by atoms with E-state index in [2.05, 4.69) is 5.32 Å². The van der Waals surface area contributed by atoms with Crippen molar-refractivity contribution in [3.63, 3.8) is 0 Å². The Morgan fingerprint density at radius 2 is 1.93 bits per heavy atom. The predicted octanol–water partition coefficient (Wildman–Crippen LogP) is 1.94. The van der Waals surface area contributed by atoms with E-state index in [-0.39, 0.29) is 24.1 Å². The summed E-state index contributed by atoms with van der Waals surface area (Å²) < 4.78 is 35.2. The molecule has 2 N–H and O–H groups in total. The van der Waals surface area contributed by atoms with Crippen LogP contribution in [0.25, 0.3) is 0 Å². The highest BCUT2D eigenvalue weighted by Gasteiger charge is 2.27. The van der Waals surface area contributed by atoms with E-state index in [0.29, 0.717) is 12.3 Å². The Balaban J connectivity index is 3.46. The average Bonchev–Trinajstić information content (AvgIpc) is 2.00. The van der Waals surface area contributed by atoms with E-state index in [1.165, 1.54) is 11.8 Å². The molecule has 0 saturated heterocycles. The molecule has 0 aromatic heterocycles. The maximum atomic E-state index is 11.7. The van der Waals surface area contributed by atoms with Crippen LogP contribution >= 0.6 is 23.5 Å². The summed E-state index contributed by atoms with van der Waals surface area (Å²) in [4.78, 5) is 0. The van der Waals surface area contributed by atoms with E-state index in [1.807, 2.05) is 6.26 Å². The van der Waals surface area contributed by atoms with Gasteiger partial charge in [0, 0.05) is 24.6 Å². The second-order valence-electron chi connectivity index (χ2n) is 3.40. The molecule has 1 atom stereocenters. The molecule has 0 aliphatic rings. The zero-order chi connectivity index (χ0) is 11.9. The van der Waals surface area contributed by atoms with Crippen molar-refractivity contribution in [3.8, 4) is 0 Å². The van der Waals surface area contributed by atoms with Gasteiger partial charge in [-0.15, -0.1) is 0 Å². The molecule has 2 nitrogen and oxygen atoms in total. The summed E-state index contributed by atoms with van der Waals surface area (Å²) in [6, 6.07) is 0. The minimum absolute atomic E-state index is 0.0289. The highest BCUT2D eigenvalue weighted by atomic mass is 32.2. The summed E-state index contributed by atoms with van der Waals surface area (Å²) >= 11 is 1.45. The van der Waals surface area contributed by atoms with Crippen molar-refractivity contribution < 1.29 is 18.3 Å². The Kier molecular flexibility index (Phi) is 7.07. The SMILES string of the molecule is CSCC(C)(O)CNCCSC(F)(F)F. The zero-order valence-electron chi connectivity index (χ0n) is 8.73. The van der Waals surface area contributed by atoms with Crippen LogP contribution in [0.5, 0.6) is 0 Å². The second kappa shape index (κ2) is 6.88. The van der Waals surface area contributed by atoms with Gasteiger partial charge in [0.05, 0.1) is 5.60 Å². The lowest BCUT2D eigenvalue weighted by atomic mass is 10.1. The normalized spacial score (nSPS) is 16.4.